The maximum Gasteiger partial charge on any atom is 0.234 e. The quantitative estimate of drug-likeness (QED) is 0.705. The zero-order valence-corrected chi connectivity index (χ0v) is 14.8. The molecule has 0 aliphatic carbocycles. The van der Waals surface area contributed by atoms with Crippen molar-refractivity contribution in [2.75, 3.05) is 13.2 Å². The zero-order chi connectivity index (χ0) is 18.1. The molecule has 2 aromatic carbocycles. The van der Waals surface area contributed by atoms with Gasteiger partial charge in [0.25, 0.3) is 0 Å². The van der Waals surface area contributed by atoms with Crippen LogP contribution in [0.5, 0.6) is 11.5 Å². The van der Waals surface area contributed by atoms with Gasteiger partial charge in [0, 0.05) is 17.1 Å². The van der Waals surface area contributed by atoms with E-state index in [1.807, 2.05) is 12.1 Å². The summed E-state index contributed by atoms with van der Waals surface area (Å²) < 4.78 is 11.3. The van der Waals surface area contributed by atoms with Gasteiger partial charge in [-0.3, -0.25) is 4.79 Å². The van der Waals surface area contributed by atoms with Crippen molar-refractivity contribution in [2.45, 2.75) is 13.0 Å². The lowest BCUT2D eigenvalue weighted by Crippen LogP contribution is -2.22. The molecule has 0 fully saturated rings. The molecule has 0 saturated carbocycles. The van der Waals surface area contributed by atoms with Gasteiger partial charge in [0.1, 0.15) is 31.1 Å². The maximum atomic E-state index is 11.4. The van der Waals surface area contributed by atoms with Crippen LogP contribution in [0.15, 0.2) is 42.5 Å². The number of hydrogen-bond acceptors (Lipinski definition) is 4. The fourth-order valence-corrected chi connectivity index (χ4v) is 2.41. The second-order valence-corrected chi connectivity index (χ2v) is 5.83. The summed E-state index contributed by atoms with van der Waals surface area (Å²) in [5.74, 6) is 0.827. The Bertz CT molecular complexity index is 775. The Morgan fingerprint density at radius 1 is 1.08 bits per heavy atom. The number of nitriles is 1. The third-order valence-electron chi connectivity index (χ3n) is 3.17. The van der Waals surface area contributed by atoms with Gasteiger partial charge >= 0.3 is 0 Å². The van der Waals surface area contributed by atoms with E-state index < -0.39 is 0 Å². The summed E-state index contributed by atoms with van der Waals surface area (Å²) in [5.41, 5.74) is 0.719. The molecule has 2 rings (SSSR count). The summed E-state index contributed by atoms with van der Waals surface area (Å²) in [6.45, 7) is 0.834. The maximum absolute atomic E-state index is 11.4. The number of rotatable bonds is 8. The molecule has 1 N–H and O–H groups in total. The number of carbonyl (C=O) groups is 1. The number of amides is 1. The number of hydrogen-bond donors (Lipinski definition) is 1. The number of nitrogens with one attached hydrogen (secondary N) is 1. The lowest BCUT2D eigenvalue weighted by atomic mass is 10.2. The normalized spacial score (nSPS) is 9.96. The molecule has 0 saturated heterocycles. The first-order valence-corrected chi connectivity index (χ1v) is 8.28. The minimum absolute atomic E-state index is 0.192. The van der Waals surface area contributed by atoms with Gasteiger partial charge in [0.15, 0.2) is 0 Å². The van der Waals surface area contributed by atoms with E-state index in [1.54, 1.807) is 36.4 Å². The summed E-state index contributed by atoms with van der Waals surface area (Å²) in [7, 11) is 0. The Morgan fingerprint density at radius 2 is 1.80 bits per heavy atom. The highest BCUT2D eigenvalue weighted by Crippen LogP contribution is 2.24. The molecule has 5 nitrogen and oxygen atoms in total. The van der Waals surface area contributed by atoms with Crippen LogP contribution in [-0.4, -0.2) is 19.1 Å². The number of halogens is 2. The molecule has 0 heterocycles. The van der Waals surface area contributed by atoms with Crippen molar-refractivity contribution in [1.82, 2.24) is 5.32 Å². The first kappa shape index (κ1) is 18.9. The van der Waals surface area contributed by atoms with E-state index in [4.69, 9.17) is 37.9 Å². The SMILES string of the molecule is N#CCC(=O)NCc1cc(Cl)ccc1OCCOc1ccccc1Cl. The van der Waals surface area contributed by atoms with E-state index in [0.29, 0.717) is 34.8 Å². The standard InChI is InChI=1S/C18H16Cl2N2O3/c19-14-5-6-16(13(11-14)12-22-18(23)7-8-21)24-9-10-25-17-4-2-1-3-15(17)20/h1-6,11H,7,9-10,12H2,(H,22,23). The van der Waals surface area contributed by atoms with Gasteiger partial charge in [-0.25, -0.2) is 0 Å². The lowest BCUT2D eigenvalue weighted by molar-refractivity contribution is -0.120. The topological polar surface area (TPSA) is 71.4 Å². The second-order valence-electron chi connectivity index (χ2n) is 4.99. The molecule has 7 heteroatoms. The van der Waals surface area contributed by atoms with Gasteiger partial charge in [-0.1, -0.05) is 35.3 Å². The Kier molecular flexibility index (Phi) is 7.39. The smallest absolute Gasteiger partial charge is 0.234 e. The molecule has 2 aromatic rings. The number of benzene rings is 2. The van der Waals surface area contributed by atoms with Crippen molar-refractivity contribution in [3.05, 3.63) is 58.1 Å². The van der Waals surface area contributed by atoms with Crippen molar-refractivity contribution < 1.29 is 14.3 Å². The number of nitrogens with zero attached hydrogens (tertiary/aromatic N) is 1. The monoisotopic (exact) mass is 378 g/mol. The summed E-state index contributed by atoms with van der Waals surface area (Å²) >= 11 is 12.0. The molecule has 0 atom stereocenters. The summed E-state index contributed by atoms with van der Waals surface area (Å²) in [6, 6.07) is 14.1. The number of carbonyl (C=O) groups excluding carboxylic acids is 1. The Hall–Kier alpha value is -2.42. The van der Waals surface area contributed by atoms with Crippen LogP contribution in [0.3, 0.4) is 0 Å². The molecular formula is C18H16Cl2N2O3. The van der Waals surface area contributed by atoms with Gasteiger partial charge in [-0.15, -0.1) is 0 Å². The Morgan fingerprint density at radius 3 is 2.52 bits per heavy atom. The third kappa shape index (κ3) is 6.18. The van der Waals surface area contributed by atoms with Crippen LogP contribution in [0.2, 0.25) is 10.0 Å². The molecule has 25 heavy (non-hydrogen) atoms. The molecule has 0 unspecified atom stereocenters. The van der Waals surface area contributed by atoms with E-state index in [1.165, 1.54) is 0 Å². The molecule has 130 valence electrons. The predicted octanol–water partition coefficient (Wildman–Crippen LogP) is 3.98. The van der Waals surface area contributed by atoms with Crippen molar-refractivity contribution >= 4 is 29.1 Å². The van der Waals surface area contributed by atoms with E-state index in [-0.39, 0.29) is 18.9 Å². The van der Waals surface area contributed by atoms with Gasteiger partial charge < -0.3 is 14.8 Å². The number of para-hydroxylation sites is 1. The highest BCUT2D eigenvalue weighted by molar-refractivity contribution is 6.32. The zero-order valence-electron chi connectivity index (χ0n) is 13.3. The predicted molar refractivity (Wildman–Crippen MR) is 96.0 cm³/mol. The van der Waals surface area contributed by atoms with Crippen LogP contribution in [-0.2, 0) is 11.3 Å². The first-order valence-electron chi connectivity index (χ1n) is 7.52. The third-order valence-corrected chi connectivity index (χ3v) is 3.72. The van der Waals surface area contributed by atoms with Crippen LogP contribution >= 0.6 is 23.2 Å². The molecule has 0 aliphatic rings. The summed E-state index contributed by atoms with van der Waals surface area (Å²) in [4.78, 5) is 11.4. The fraction of sp³-hybridized carbons (Fsp3) is 0.222. The number of ether oxygens (including phenoxy) is 2. The van der Waals surface area contributed by atoms with Gasteiger partial charge in [-0.2, -0.15) is 5.26 Å². The fourth-order valence-electron chi connectivity index (χ4n) is 2.02. The van der Waals surface area contributed by atoms with Crippen LogP contribution in [0, 0.1) is 11.3 Å². The van der Waals surface area contributed by atoms with E-state index in [9.17, 15) is 4.79 Å². The van der Waals surface area contributed by atoms with Crippen LogP contribution in [0.1, 0.15) is 12.0 Å². The van der Waals surface area contributed by atoms with Crippen molar-refractivity contribution in [2.24, 2.45) is 0 Å². The first-order chi connectivity index (χ1) is 12.1. The van der Waals surface area contributed by atoms with Crippen molar-refractivity contribution in [3.8, 4) is 17.6 Å². The van der Waals surface area contributed by atoms with E-state index >= 15 is 0 Å². The molecular weight excluding hydrogens is 363 g/mol. The molecule has 0 bridgehead atoms. The Labute approximate surface area is 156 Å². The molecule has 1 amide bonds. The largest absolute Gasteiger partial charge is 0.490 e. The highest BCUT2D eigenvalue weighted by Gasteiger charge is 2.08. The average Bonchev–Trinajstić information content (AvgIpc) is 2.60. The minimum atomic E-state index is -0.351. The highest BCUT2D eigenvalue weighted by atomic mass is 35.5. The molecule has 0 radical (unpaired) electrons. The van der Waals surface area contributed by atoms with Gasteiger partial charge in [0.2, 0.25) is 5.91 Å². The van der Waals surface area contributed by atoms with Gasteiger partial charge in [0.05, 0.1) is 11.1 Å². The Balaban J connectivity index is 1.89. The molecule has 0 spiro atoms. The second kappa shape index (κ2) is 9.77. The van der Waals surface area contributed by atoms with Crippen molar-refractivity contribution in [3.63, 3.8) is 0 Å². The summed E-state index contributed by atoms with van der Waals surface area (Å²) in [6.07, 6.45) is -0.192. The van der Waals surface area contributed by atoms with Crippen LogP contribution in [0.25, 0.3) is 0 Å². The van der Waals surface area contributed by atoms with E-state index in [2.05, 4.69) is 5.32 Å². The lowest BCUT2D eigenvalue weighted by Gasteiger charge is -2.13. The summed E-state index contributed by atoms with van der Waals surface area (Å²) in [5, 5.41) is 12.2. The average molecular weight is 379 g/mol. The van der Waals surface area contributed by atoms with Crippen LogP contribution in [0.4, 0.5) is 0 Å². The molecule has 0 aliphatic heterocycles. The molecule has 0 aromatic heterocycles. The minimum Gasteiger partial charge on any atom is -0.490 e. The van der Waals surface area contributed by atoms with Crippen LogP contribution < -0.4 is 14.8 Å². The van der Waals surface area contributed by atoms with Crippen molar-refractivity contribution in [1.29, 1.82) is 5.26 Å². The van der Waals surface area contributed by atoms with Gasteiger partial charge in [-0.05, 0) is 30.3 Å². The van der Waals surface area contributed by atoms with E-state index in [0.717, 1.165) is 5.56 Å².